The SMILES string of the molecule is CC1CN(c2ccc3cnccc3c2N)CCC1O. The molecular formula is C15H19N3O. The Balaban J connectivity index is 1.99. The Morgan fingerprint density at radius 3 is 3.00 bits per heavy atom. The molecule has 1 aliphatic rings. The maximum Gasteiger partial charge on any atom is 0.0632 e. The van der Waals surface area contributed by atoms with Gasteiger partial charge in [0.1, 0.15) is 0 Å². The summed E-state index contributed by atoms with van der Waals surface area (Å²) in [6.07, 6.45) is 4.21. The van der Waals surface area contributed by atoms with Crippen molar-refractivity contribution in [3.63, 3.8) is 0 Å². The van der Waals surface area contributed by atoms with Gasteiger partial charge in [0.25, 0.3) is 0 Å². The summed E-state index contributed by atoms with van der Waals surface area (Å²) in [7, 11) is 0. The van der Waals surface area contributed by atoms with Crippen molar-refractivity contribution in [3.05, 3.63) is 30.6 Å². The van der Waals surface area contributed by atoms with E-state index in [-0.39, 0.29) is 12.0 Å². The van der Waals surface area contributed by atoms with Crippen LogP contribution in [-0.4, -0.2) is 29.3 Å². The molecule has 1 aromatic heterocycles. The molecule has 2 unspecified atom stereocenters. The Morgan fingerprint density at radius 1 is 1.37 bits per heavy atom. The lowest BCUT2D eigenvalue weighted by Gasteiger charge is -2.36. The van der Waals surface area contributed by atoms with Gasteiger partial charge in [0.2, 0.25) is 0 Å². The fourth-order valence-electron chi connectivity index (χ4n) is 2.81. The molecule has 3 N–H and O–H groups in total. The van der Waals surface area contributed by atoms with Gasteiger partial charge in [-0.2, -0.15) is 0 Å². The Morgan fingerprint density at radius 2 is 2.21 bits per heavy atom. The molecule has 1 aliphatic heterocycles. The molecule has 19 heavy (non-hydrogen) atoms. The quantitative estimate of drug-likeness (QED) is 0.767. The second-order valence-electron chi connectivity index (χ2n) is 5.37. The molecule has 4 heteroatoms. The van der Waals surface area contributed by atoms with E-state index in [1.165, 1.54) is 0 Å². The van der Waals surface area contributed by atoms with E-state index in [9.17, 15) is 5.11 Å². The van der Waals surface area contributed by atoms with Crippen molar-refractivity contribution in [2.45, 2.75) is 19.4 Å². The summed E-state index contributed by atoms with van der Waals surface area (Å²) >= 11 is 0. The Labute approximate surface area is 112 Å². The largest absolute Gasteiger partial charge is 0.397 e. The van der Waals surface area contributed by atoms with E-state index in [0.717, 1.165) is 41.7 Å². The van der Waals surface area contributed by atoms with Gasteiger partial charge >= 0.3 is 0 Å². The second kappa shape index (κ2) is 4.70. The van der Waals surface area contributed by atoms with Crippen LogP contribution in [0.3, 0.4) is 0 Å². The molecule has 1 fully saturated rings. The van der Waals surface area contributed by atoms with E-state index in [1.807, 2.05) is 12.3 Å². The lowest BCUT2D eigenvalue weighted by atomic mass is 9.96. The maximum absolute atomic E-state index is 9.82. The van der Waals surface area contributed by atoms with Crippen LogP contribution in [0.25, 0.3) is 10.8 Å². The molecular weight excluding hydrogens is 238 g/mol. The minimum atomic E-state index is -0.192. The third kappa shape index (κ3) is 2.12. The van der Waals surface area contributed by atoms with E-state index >= 15 is 0 Å². The number of aliphatic hydroxyl groups is 1. The van der Waals surface area contributed by atoms with Crippen LogP contribution in [0.5, 0.6) is 0 Å². The van der Waals surface area contributed by atoms with Gasteiger partial charge in [0.05, 0.1) is 17.5 Å². The number of nitrogens with two attached hydrogens (primary N) is 1. The Bertz CT molecular complexity index is 599. The molecule has 0 aliphatic carbocycles. The van der Waals surface area contributed by atoms with Gasteiger partial charge < -0.3 is 15.7 Å². The zero-order valence-electron chi connectivity index (χ0n) is 11.1. The van der Waals surface area contributed by atoms with Crippen molar-refractivity contribution in [2.75, 3.05) is 23.7 Å². The number of rotatable bonds is 1. The van der Waals surface area contributed by atoms with Gasteiger partial charge in [-0.1, -0.05) is 13.0 Å². The molecule has 0 saturated carbocycles. The average molecular weight is 257 g/mol. The monoisotopic (exact) mass is 257 g/mol. The number of hydrogen-bond acceptors (Lipinski definition) is 4. The van der Waals surface area contributed by atoms with Crippen LogP contribution in [0.1, 0.15) is 13.3 Å². The van der Waals surface area contributed by atoms with Gasteiger partial charge in [-0.25, -0.2) is 0 Å². The molecule has 2 atom stereocenters. The minimum absolute atomic E-state index is 0.192. The van der Waals surface area contributed by atoms with E-state index in [4.69, 9.17) is 5.73 Å². The highest BCUT2D eigenvalue weighted by atomic mass is 16.3. The standard InChI is InChI=1S/C15H19N3O/c1-10-9-18(7-5-14(10)19)13-3-2-11-8-17-6-4-12(11)15(13)16/h2-4,6,8,10,14,19H,5,7,9,16H2,1H3. The van der Waals surface area contributed by atoms with Crippen molar-refractivity contribution in [1.82, 2.24) is 4.98 Å². The first-order chi connectivity index (χ1) is 9.16. The van der Waals surface area contributed by atoms with Crippen molar-refractivity contribution in [3.8, 4) is 0 Å². The molecule has 0 radical (unpaired) electrons. The summed E-state index contributed by atoms with van der Waals surface area (Å²) in [6.45, 7) is 3.78. The summed E-state index contributed by atoms with van der Waals surface area (Å²) in [5, 5.41) is 11.9. The molecule has 0 amide bonds. The molecule has 1 saturated heterocycles. The zero-order chi connectivity index (χ0) is 13.4. The highest BCUT2D eigenvalue weighted by Gasteiger charge is 2.25. The van der Waals surface area contributed by atoms with Gasteiger partial charge in [-0.15, -0.1) is 0 Å². The zero-order valence-corrected chi connectivity index (χ0v) is 11.1. The number of nitrogen functional groups attached to an aromatic ring is 1. The molecule has 2 heterocycles. The fourth-order valence-corrected chi connectivity index (χ4v) is 2.81. The number of aromatic nitrogens is 1. The highest BCUT2D eigenvalue weighted by molar-refractivity contribution is 5.98. The lowest BCUT2D eigenvalue weighted by molar-refractivity contribution is 0.0971. The number of anilines is 2. The van der Waals surface area contributed by atoms with Crippen LogP contribution in [-0.2, 0) is 0 Å². The van der Waals surface area contributed by atoms with Crippen LogP contribution in [0, 0.1) is 5.92 Å². The highest BCUT2D eigenvalue weighted by Crippen LogP contribution is 2.33. The Kier molecular flexibility index (Phi) is 3.03. The second-order valence-corrected chi connectivity index (χ2v) is 5.37. The molecule has 4 nitrogen and oxygen atoms in total. The predicted molar refractivity (Wildman–Crippen MR) is 78.2 cm³/mol. The number of nitrogens with zero attached hydrogens (tertiary/aromatic N) is 2. The van der Waals surface area contributed by atoms with Crippen LogP contribution >= 0.6 is 0 Å². The summed E-state index contributed by atoms with van der Waals surface area (Å²) in [6, 6.07) is 6.07. The van der Waals surface area contributed by atoms with Crippen LogP contribution in [0.2, 0.25) is 0 Å². The van der Waals surface area contributed by atoms with Gasteiger partial charge in [0, 0.05) is 36.3 Å². The molecule has 3 rings (SSSR count). The van der Waals surface area contributed by atoms with Crippen molar-refractivity contribution in [2.24, 2.45) is 5.92 Å². The van der Waals surface area contributed by atoms with Gasteiger partial charge in [0.15, 0.2) is 0 Å². The number of hydrogen-bond donors (Lipinski definition) is 2. The van der Waals surface area contributed by atoms with E-state index in [1.54, 1.807) is 6.20 Å². The van der Waals surface area contributed by atoms with Gasteiger partial charge in [-0.05, 0) is 24.5 Å². The third-order valence-corrected chi connectivity index (χ3v) is 4.04. The number of benzene rings is 1. The number of piperidine rings is 1. The van der Waals surface area contributed by atoms with Crippen molar-refractivity contribution >= 4 is 22.1 Å². The van der Waals surface area contributed by atoms with Crippen molar-refractivity contribution < 1.29 is 5.11 Å². The smallest absolute Gasteiger partial charge is 0.0632 e. The molecule has 1 aromatic carbocycles. The molecule has 0 spiro atoms. The first kappa shape index (κ1) is 12.2. The summed E-state index contributed by atoms with van der Waals surface area (Å²) < 4.78 is 0. The average Bonchev–Trinajstić information content (AvgIpc) is 2.43. The predicted octanol–water partition coefficient (Wildman–Crippen LogP) is 2.02. The van der Waals surface area contributed by atoms with Crippen LogP contribution < -0.4 is 10.6 Å². The summed E-state index contributed by atoms with van der Waals surface area (Å²) in [5.41, 5.74) is 8.17. The Hall–Kier alpha value is -1.81. The number of fused-ring (bicyclic) bond motifs is 1. The molecule has 100 valence electrons. The van der Waals surface area contributed by atoms with E-state index in [0.29, 0.717) is 0 Å². The lowest BCUT2D eigenvalue weighted by Crippen LogP contribution is -2.42. The number of aliphatic hydroxyl groups excluding tert-OH is 1. The first-order valence-corrected chi connectivity index (χ1v) is 6.72. The first-order valence-electron chi connectivity index (χ1n) is 6.72. The normalized spacial score (nSPS) is 23.8. The van der Waals surface area contributed by atoms with Crippen LogP contribution in [0.15, 0.2) is 30.6 Å². The fraction of sp³-hybridized carbons (Fsp3) is 0.400. The number of pyridine rings is 1. The topological polar surface area (TPSA) is 62.4 Å². The molecule has 0 bridgehead atoms. The van der Waals surface area contributed by atoms with Gasteiger partial charge in [-0.3, -0.25) is 4.98 Å². The third-order valence-electron chi connectivity index (χ3n) is 4.04. The molecule has 2 aromatic rings. The summed E-state index contributed by atoms with van der Waals surface area (Å²) in [4.78, 5) is 6.39. The van der Waals surface area contributed by atoms with Crippen LogP contribution in [0.4, 0.5) is 11.4 Å². The summed E-state index contributed by atoms with van der Waals surface area (Å²) in [5.74, 6) is 0.279. The maximum atomic E-state index is 9.82. The van der Waals surface area contributed by atoms with Crippen molar-refractivity contribution in [1.29, 1.82) is 0 Å². The van der Waals surface area contributed by atoms with E-state index < -0.39 is 0 Å². The van der Waals surface area contributed by atoms with E-state index in [2.05, 4.69) is 28.9 Å². The minimum Gasteiger partial charge on any atom is -0.397 e.